The van der Waals surface area contributed by atoms with E-state index in [0.29, 0.717) is 17.1 Å². The van der Waals surface area contributed by atoms with Crippen LogP contribution in [0.15, 0.2) is 54.6 Å². The first kappa shape index (κ1) is 25.2. The quantitative estimate of drug-likeness (QED) is 0.337. The highest BCUT2D eigenvalue weighted by atomic mass is 35.5. The van der Waals surface area contributed by atoms with Crippen molar-refractivity contribution in [2.45, 2.75) is 70.9 Å². The maximum atomic E-state index is 13.5. The van der Waals surface area contributed by atoms with Crippen LogP contribution in [-0.4, -0.2) is 9.97 Å². The number of halogens is 4. The third kappa shape index (κ3) is 6.57. The van der Waals surface area contributed by atoms with Gasteiger partial charge in [-0.1, -0.05) is 70.5 Å². The molecule has 3 rings (SSSR count). The van der Waals surface area contributed by atoms with Crippen LogP contribution in [0.5, 0.6) is 0 Å². The number of hydrogen-bond donors (Lipinski definition) is 0. The van der Waals surface area contributed by atoms with Crippen molar-refractivity contribution in [1.82, 2.24) is 9.97 Å². The number of hydrogen-bond acceptors (Lipinski definition) is 2. The molecule has 6 heteroatoms. The maximum absolute atomic E-state index is 13.5. The van der Waals surface area contributed by atoms with Crippen molar-refractivity contribution < 1.29 is 13.2 Å². The van der Waals surface area contributed by atoms with Crippen molar-refractivity contribution >= 4 is 11.6 Å². The topological polar surface area (TPSA) is 25.8 Å². The highest BCUT2D eigenvalue weighted by Crippen LogP contribution is 2.38. The number of nitrogens with zero attached hydrogens (tertiary/aromatic N) is 2. The first-order valence-electron chi connectivity index (χ1n) is 11.1. The van der Waals surface area contributed by atoms with Gasteiger partial charge in [0, 0.05) is 28.9 Å². The third-order valence-corrected chi connectivity index (χ3v) is 6.04. The molecule has 3 aromatic rings. The van der Waals surface area contributed by atoms with Gasteiger partial charge < -0.3 is 0 Å². The Morgan fingerprint density at radius 2 is 1.39 bits per heavy atom. The van der Waals surface area contributed by atoms with Crippen LogP contribution in [0.4, 0.5) is 13.2 Å². The van der Waals surface area contributed by atoms with Crippen molar-refractivity contribution in [2.24, 2.45) is 0 Å². The summed E-state index contributed by atoms with van der Waals surface area (Å²) in [4.78, 5) is 9.24. The number of benzene rings is 1. The molecule has 2 nitrogen and oxygen atoms in total. The van der Waals surface area contributed by atoms with Gasteiger partial charge in [0.1, 0.15) is 5.15 Å². The minimum Gasteiger partial charge on any atom is -0.258 e. The van der Waals surface area contributed by atoms with Crippen molar-refractivity contribution in [3.05, 3.63) is 93.5 Å². The normalized spacial score (nSPS) is 14.2. The van der Waals surface area contributed by atoms with Gasteiger partial charge >= 0.3 is 6.18 Å². The first-order chi connectivity index (χ1) is 15.3. The molecule has 0 fully saturated rings. The zero-order chi connectivity index (χ0) is 24.4. The fourth-order valence-corrected chi connectivity index (χ4v) is 4.22. The molecule has 2 atom stereocenters. The van der Waals surface area contributed by atoms with Gasteiger partial charge in [-0.25, -0.2) is 4.98 Å². The molecule has 0 amide bonds. The average Bonchev–Trinajstić information content (AvgIpc) is 2.72. The van der Waals surface area contributed by atoms with Crippen LogP contribution in [0.25, 0.3) is 0 Å². The SMILES string of the molecule is CC(Cc1cccc(C(C)Cc2ccc(C(F)(F)F)c(C(C)(C)C)c2)n1)c1cccc(Cl)n1. The van der Waals surface area contributed by atoms with Crippen LogP contribution in [-0.2, 0) is 24.4 Å². The van der Waals surface area contributed by atoms with Crippen molar-refractivity contribution in [3.63, 3.8) is 0 Å². The van der Waals surface area contributed by atoms with Crippen LogP contribution in [0.1, 0.15) is 80.2 Å². The van der Waals surface area contributed by atoms with Gasteiger partial charge in [-0.2, -0.15) is 13.2 Å². The molecule has 0 N–H and O–H groups in total. The minimum atomic E-state index is -4.36. The molecule has 1 aromatic carbocycles. The summed E-state index contributed by atoms with van der Waals surface area (Å²) in [6.07, 6.45) is -3.03. The Morgan fingerprint density at radius 1 is 0.788 bits per heavy atom. The standard InChI is InChI=1S/C27H30ClF3N2/c1-17(14-19-12-13-21(27(29,30)31)22(16-19)26(3,4)5)23-9-6-8-20(32-23)15-18(2)24-10-7-11-25(28)33-24/h6-13,16-18H,14-15H2,1-5H3. The van der Waals surface area contributed by atoms with E-state index in [1.165, 1.54) is 6.07 Å². The van der Waals surface area contributed by atoms with E-state index in [0.717, 1.165) is 29.1 Å². The first-order valence-corrected chi connectivity index (χ1v) is 11.5. The van der Waals surface area contributed by atoms with Crippen molar-refractivity contribution in [2.75, 3.05) is 0 Å². The monoisotopic (exact) mass is 474 g/mol. The molecule has 2 aromatic heterocycles. The summed E-state index contributed by atoms with van der Waals surface area (Å²) in [6.45, 7) is 9.58. The summed E-state index contributed by atoms with van der Waals surface area (Å²) in [5.41, 5.74) is 2.84. The van der Waals surface area contributed by atoms with Gasteiger partial charge in [0.25, 0.3) is 0 Å². The van der Waals surface area contributed by atoms with E-state index in [1.54, 1.807) is 18.2 Å². The molecule has 0 bridgehead atoms. The van der Waals surface area contributed by atoms with Gasteiger partial charge in [-0.05, 0) is 59.7 Å². The Balaban J connectivity index is 1.79. The third-order valence-electron chi connectivity index (χ3n) is 5.83. The zero-order valence-electron chi connectivity index (χ0n) is 19.7. The Hall–Kier alpha value is -2.40. The Morgan fingerprint density at radius 3 is 2.00 bits per heavy atom. The van der Waals surface area contributed by atoms with E-state index in [4.69, 9.17) is 16.6 Å². The summed E-state index contributed by atoms with van der Waals surface area (Å²) >= 11 is 6.02. The summed E-state index contributed by atoms with van der Waals surface area (Å²) in [5, 5.41) is 0.473. The second kappa shape index (κ2) is 9.84. The molecule has 0 saturated carbocycles. The Labute approximate surface area is 199 Å². The smallest absolute Gasteiger partial charge is 0.258 e. The fourth-order valence-electron chi connectivity index (χ4n) is 4.05. The number of pyridine rings is 2. The molecule has 0 spiro atoms. The molecule has 33 heavy (non-hydrogen) atoms. The van der Waals surface area contributed by atoms with Crippen molar-refractivity contribution in [1.29, 1.82) is 0 Å². The second-order valence-electron chi connectivity index (χ2n) is 9.78. The molecule has 0 aliphatic carbocycles. The second-order valence-corrected chi connectivity index (χ2v) is 10.2. The Kier molecular flexibility index (Phi) is 7.52. The van der Waals surface area contributed by atoms with E-state index < -0.39 is 17.2 Å². The van der Waals surface area contributed by atoms with Crippen LogP contribution in [0.3, 0.4) is 0 Å². The van der Waals surface area contributed by atoms with Crippen LogP contribution >= 0.6 is 11.6 Å². The highest BCUT2D eigenvalue weighted by Gasteiger charge is 2.36. The molecular formula is C27H30ClF3N2. The van der Waals surface area contributed by atoms with Crippen LogP contribution < -0.4 is 0 Å². The van der Waals surface area contributed by atoms with Gasteiger partial charge in [-0.15, -0.1) is 0 Å². The lowest BCUT2D eigenvalue weighted by Crippen LogP contribution is -2.20. The molecule has 2 heterocycles. The van der Waals surface area contributed by atoms with E-state index in [-0.39, 0.29) is 11.8 Å². The molecule has 0 saturated heterocycles. The van der Waals surface area contributed by atoms with Crippen LogP contribution in [0.2, 0.25) is 5.15 Å². The molecule has 0 aliphatic rings. The van der Waals surface area contributed by atoms with Gasteiger partial charge in [-0.3, -0.25) is 4.98 Å². The number of aromatic nitrogens is 2. The van der Waals surface area contributed by atoms with Gasteiger partial charge in [0.2, 0.25) is 0 Å². The Bertz CT molecular complexity index is 1100. The lowest BCUT2D eigenvalue weighted by molar-refractivity contribution is -0.138. The molecule has 2 unspecified atom stereocenters. The lowest BCUT2D eigenvalue weighted by Gasteiger charge is -2.25. The summed E-state index contributed by atoms with van der Waals surface area (Å²) in [5.74, 6) is 0.222. The molecule has 0 radical (unpaired) electrons. The average molecular weight is 475 g/mol. The molecule has 0 aliphatic heterocycles. The van der Waals surface area contributed by atoms with E-state index in [2.05, 4.69) is 18.8 Å². The minimum absolute atomic E-state index is 0.0640. The van der Waals surface area contributed by atoms with E-state index in [1.807, 2.05) is 51.1 Å². The highest BCUT2D eigenvalue weighted by molar-refractivity contribution is 6.29. The van der Waals surface area contributed by atoms with Gasteiger partial charge in [0.05, 0.1) is 5.56 Å². The molecule has 176 valence electrons. The number of rotatable bonds is 6. The van der Waals surface area contributed by atoms with E-state index in [9.17, 15) is 13.2 Å². The predicted molar refractivity (Wildman–Crippen MR) is 128 cm³/mol. The number of alkyl halides is 3. The molecular weight excluding hydrogens is 445 g/mol. The summed E-state index contributed by atoms with van der Waals surface area (Å²) < 4.78 is 40.5. The zero-order valence-corrected chi connectivity index (χ0v) is 20.4. The lowest BCUT2D eigenvalue weighted by atomic mass is 9.81. The van der Waals surface area contributed by atoms with Crippen LogP contribution in [0, 0.1) is 0 Å². The summed E-state index contributed by atoms with van der Waals surface area (Å²) in [7, 11) is 0. The van der Waals surface area contributed by atoms with E-state index >= 15 is 0 Å². The van der Waals surface area contributed by atoms with Crippen molar-refractivity contribution in [3.8, 4) is 0 Å². The maximum Gasteiger partial charge on any atom is 0.416 e. The summed E-state index contributed by atoms with van der Waals surface area (Å²) in [6, 6.07) is 16.1. The predicted octanol–water partition coefficient (Wildman–Crippen LogP) is 8.14. The largest absolute Gasteiger partial charge is 0.416 e. The fraction of sp³-hybridized carbons (Fsp3) is 0.407. The van der Waals surface area contributed by atoms with Gasteiger partial charge in [0.15, 0.2) is 0 Å².